The van der Waals surface area contributed by atoms with Crippen molar-refractivity contribution >= 4 is 11.7 Å². The molecule has 3 N–H and O–H groups in total. The molecule has 8 nitrogen and oxygen atoms in total. The molecule has 2 aromatic carbocycles. The Labute approximate surface area is 187 Å². The molecule has 32 heavy (non-hydrogen) atoms. The highest BCUT2D eigenvalue weighted by atomic mass is 16.5. The number of nitriles is 1. The molecule has 3 rings (SSSR count). The van der Waals surface area contributed by atoms with Crippen LogP contribution in [0, 0.1) is 11.3 Å². The molecule has 0 aliphatic carbocycles. The van der Waals surface area contributed by atoms with Crippen molar-refractivity contribution in [3.63, 3.8) is 0 Å². The maximum atomic E-state index is 12.3. The number of para-hydroxylation sites is 1. The second-order valence-corrected chi connectivity index (χ2v) is 7.20. The van der Waals surface area contributed by atoms with Crippen LogP contribution in [0.15, 0.2) is 48.5 Å². The zero-order valence-electron chi connectivity index (χ0n) is 18.3. The monoisotopic (exact) mass is 433 g/mol. The second kappa shape index (κ2) is 10.9. The lowest BCUT2D eigenvalue weighted by Gasteiger charge is -2.10. The van der Waals surface area contributed by atoms with Crippen molar-refractivity contribution in [2.45, 2.75) is 25.7 Å². The number of methoxy groups -OCH3 is 2. The summed E-state index contributed by atoms with van der Waals surface area (Å²) in [5.41, 5.74) is 8.86. The third kappa shape index (κ3) is 5.38. The third-order valence-electron chi connectivity index (χ3n) is 5.13. The number of aromatic nitrogens is 2. The lowest BCUT2D eigenvalue weighted by Crippen LogP contribution is -2.25. The van der Waals surface area contributed by atoms with Crippen LogP contribution >= 0.6 is 0 Å². The highest BCUT2D eigenvalue weighted by Crippen LogP contribution is 2.25. The van der Waals surface area contributed by atoms with E-state index in [9.17, 15) is 10.1 Å². The summed E-state index contributed by atoms with van der Waals surface area (Å²) in [5.74, 6) is 1.73. The normalized spacial score (nSPS) is 10.4. The van der Waals surface area contributed by atoms with Crippen LogP contribution in [-0.2, 0) is 17.6 Å². The summed E-state index contributed by atoms with van der Waals surface area (Å²) >= 11 is 0. The summed E-state index contributed by atoms with van der Waals surface area (Å²) in [4.78, 5) is 12.3. The fourth-order valence-corrected chi connectivity index (χ4v) is 3.44. The number of benzene rings is 2. The fourth-order valence-electron chi connectivity index (χ4n) is 3.44. The van der Waals surface area contributed by atoms with Gasteiger partial charge in [0, 0.05) is 13.0 Å². The molecule has 0 unspecified atom stereocenters. The molecular weight excluding hydrogens is 406 g/mol. The second-order valence-electron chi connectivity index (χ2n) is 7.20. The number of rotatable bonds is 10. The minimum Gasteiger partial charge on any atom is -0.497 e. The van der Waals surface area contributed by atoms with Gasteiger partial charge in [0.2, 0.25) is 5.91 Å². The molecular formula is C24H27N5O3. The molecule has 1 heterocycles. The fraction of sp³-hybridized carbons (Fsp3) is 0.292. The van der Waals surface area contributed by atoms with E-state index < -0.39 is 0 Å². The summed E-state index contributed by atoms with van der Waals surface area (Å²) in [5, 5.41) is 16.9. The van der Waals surface area contributed by atoms with Gasteiger partial charge in [-0.2, -0.15) is 10.4 Å². The van der Waals surface area contributed by atoms with Crippen LogP contribution in [0.25, 0.3) is 5.69 Å². The Morgan fingerprint density at radius 2 is 1.94 bits per heavy atom. The molecule has 0 spiro atoms. The number of amides is 1. The highest BCUT2D eigenvalue weighted by molar-refractivity contribution is 5.76. The van der Waals surface area contributed by atoms with E-state index in [4.69, 9.17) is 15.2 Å². The van der Waals surface area contributed by atoms with Crippen molar-refractivity contribution in [2.75, 3.05) is 26.5 Å². The Morgan fingerprint density at radius 1 is 1.16 bits per heavy atom. The predicted molar refractivity (Wildman–Crippen MR) is 122 cm³/mol. The van der Waals surface area contributed by atoms with Gasteiger partial charge in [-0.3, -0.25) is 4.79 Å². The Balaban J connectivity index is 1.52. The number of aryl methyl sites for hydroxylation is 2. The van der Waals surface area contributed by atoms with Crippen LogP contribution in [0.4, 0.5) is 5.82 Å². The first-order valence-corrected chi connectivity index (χ1v) is 10.4. The smallest absolute Gasteiger partial charge is 0.220 e. The van der Waals surface area contributed by atoms with Crippen molar-refractivity contribution < 1.29 is 14.3 Å². The molecule has 3 aromatic rings. The van der Waals surface area contributed by atoms with E-state index in [1.54, 1.807) is 18.9 Å². The number of nitrogen functional groups attached to an aromatic ring is 1. The number of ether oxygens (including phenoxy) is 2. The van der Waals surface area contributed by atoms with Gasteiger partial charge in [-0.15, -0.1) is 0 Å². The quantitative estimate of drug-likeness (QED) is 0.475. The van der Waals surface area contributed by atoms with Gasteiger partial charge in [0.25, 0.3) is 0 Å². The van der Waals surface area contributed by atoms with E-state index in [2.05, 4.69) is 16.5 Å². The van der Waals surface area contributed by atoms with Gasteiger partial charge in [-0.1, -0.05) is 18.2 Å². The van der Waals surface area contributed by atoms with Crippen LogP contribution < -0.4 is 20.5 Å². The first-order chi connectivity index (χ1) is 15.6. The van der Waals surface area contributed by atoms with E-state index >= 15 is 0 Å². The number of carbonyl (C=O) groups excluding carboxylic acids is 1. The first kappa shape index (κ1) is 22.7. The van der Waals surface area contributed by atoms with Crippen LogP contribution in [0.1, 0.15) is 29.7 Å². The van der Waals surface area contributed by atoms with E-state index in [-0.39, 0.29) is 5.91 Å². The summed E-state index contributed by atoms with van der Waals surface area (Å²) in [6.45, 7) is 0.483. The topological polar surface area (TPSA) is 115 Å². The van der Waals surface area contributed by atoms with Crippen molar-refractivity contribution in [3.8, 4) is 23.3 Å². The number of hydrogen-bond acceptors (Lipinski definition) is 6. The zero-order chi connectivity index (χ0) is 22.9. The molecule has 0 bridgehead atoms. The SMILES string of the molecule is COc1ccc(OC)c(CCC(=O)NCCCc2nn(-c3ccccc3)c(N)c2C#N)c1. The number of nitrogens with two attached hydrogens (primary N) is 1. The largest absolute Gasteiger partial charge is 0.497 e. The molecule has 0 atom stereocenters. The third-order valence-corrected chi connectivity index (χ3v) is 5.13. The molecule has 0 aliphatic rings. The van der Waals surface area contributed by atoms with Gasteiger partial charge in [-0.25, -0.2) is 4.68 Å². The maximum Gasteiger partial charge on any atom is 0.220 e. The molecule has 8 heteroatoms. The maximum absolute atomic E-state index is 12.3. The number of nitrogens with one attached hydrogen (secondary N) is 1. The number of carbonyl (C=O) groups is 1. The lowest BCUT2D eigenvalue weighted by molar-refractivity contribution is -0.121. The van der Waals surface area contributed by atoms with Crippen molar-refractivity contribution in [1.82, 2.24) is 15.1 Å². The van der Waals surface area contributed by atoms with Crippen LogP contribution in [0.5, 0.6) is 11.5 Å². The standard InChI is InChI=1S/C24H27N5O3/c1-31-19-11-12-22(32-2)17(15-19)10-13-23(30)27-14-6-9-21-20(16-25)24(26)29(28-21)18-7-4-3-5-8-18/h3-5,7-8,11-12,15H,6,9-10,13-14,26H2,1-2H3,(H,27,30). The van der Waals surface area contributed by atoms with Gasteiger partial charge in [0.15, 0.2) is 0 Å². The Bertz CT molecular complexity index is 1100. The summed E-state index contributed by atoms with van der Waals surface area (Å²) in [6.07, 6.45) is 2.07. The Kier molecular flexibility index (Phi) is 7.70. The van der Waals surface area contributed by atoms with Crippen LogP contribution in [-0.4, -0.2) is 36.5 Å². The van der Waals surface area contributed by atoms with E-state index in [1.165, 1.54) is 0 Å². The highest BCUT2D eigenvalue weighted by Gasteiger charge is 2.16. The molecule has 0 saturated carbocycles. The van der Waals surface area contributed by atoms with Gasteiger partial charge in [0.05, 0.1) is 25.6 Å². The van der Waals surface area contributed by atoms with E-state index in [1.807, 2.05) is 48.5 Å². The van der Waals surface area contributed by atoms with Gasteiger partial charge >= 0.3 is 0 Å². The molecule has 0 radical (unpaired) electrons. The molecule has 166 valence electrons. The predicted octanol–water partition coefficient (Wildman–Crippen LogP) is 3.02. The van der Waals surface area contributed by atoms with Gasteiger partial charge in [0.1, 0.15) is 28.9 Å². The number of hydrogen-bond donors (Lipinski definition) is 2. The lowest BCUT2D eigenvalue weighted by atomic mass is 10.1. The van der Waals surface area contributed by atoms with Gasteiger partial charge in [-0.05, 0) is 55.2 Å². The van der Waals surface area contributed by atoms with Crippen molar-refractivity contribution in [1.29, 1.82) is 5.26 Å². The van der Waals surface area contributed by atoms with Crippen molar-refractivity contribution in [3.05, 3.63) is 65.4 Å². The number of nitrogens with zero attached hydrogens (tertiary/aromatic N) is 3. The van der Waals surface area contributed by atoms with Crippen LogP contribution in [0.2, 0.25) is 0 Å². The Morgan fingerprint density at radius 3 is 2.62 bits per heavy atom. The minimum absolute atomic E-state index is 0.0512. The van der Waals surface area contributed by atoms with Gasteiger partial charge < -0.3 is 20.5 Å². The molecule has 0 saturated heterocycles. The number of anilines is 1. The van der Waals surface area contributed by atoms with Crippen molar-refractivity contribution in [2.24, 2.45) is 0 Å². The van der Waals surface area contributed by atoms with E-state index in [0.717, 1.165) is 22.7 Å². The molecule has 1 aromatic heterocycles. The van der Waals surface area contributed by atoms with E-state index in [0.29, 0.717) is 49.3 Å². The Hall–Kier alpha value is -3.99. The molecule has 0 fully saturated rings. The minimum atomic E-state index is -0.0512. The van der Waals surface area contributed by atoms with Crippen LogP contribution in [0.3, 0.4) is 0 Å². The zero-order valence-corrected chi connectivity index (χ0v) is 18.3. The summed E-state index contributed by atoms with van der Waals surface area (Å²) < 4.78 is 12.2. The molecule has 0 aliphatic heterocycles. The average molecular weight is 434 g/mol. The summed E-state index contributed by atoms with van der Waals surface area (Å²) in [7, 11) is 3.21. The molecule has 1 amide bonds. The average Bonchev–Trinajstić information content (AvgIpc) is 3.15. The first-order valence-electron chi connectivity index (χ1n) is 10.4. The summed E-state index contributed by atoms with van der Waals surface area (Å²) in [6, 6.07) is 17.1.